The highest BCUT2D eigenvalue weighted by molar-refractivity contribution is 5.14. The van der Waals surface area contributed by atoms with Crippen LogP contribution in [0.15, 0.2) is 48.9 Å². The SMILES string of the molecule is CNC(CCCc1ccccc1)c1cnccn1. The molecule has 0 aliphatic carbocycles. The van der Waals surface area contributed by atoms with Gasteiger partial charge in [0.15, 0.2) is 0 Å². The lowest BCUT2D eigenvalue weighted by Gasteiger charge is -2.14. The van der Waals surface area contributed by atoms with E-state index in [1.54, 1.807) is 12.4 Å². The minimum Gasteiger partial charge on any atom is -0.312 e. The van der Waals surface area contributed by atoms with E-state index in [2.05, 4.69) is 45.6 Å². The number of aromatic nitrogens is 2. The number of rotatable bonds is 6. The van der Waals surface area contributed by atoms with E-state index < -0.39 is 0 Å². The summed E-state index contributed by atoms with van der Waals surface area (Å²) in [7, 11) is 1.97. The van der Waals surface area contributed by atoms with Crippen molar-refractivity contribution in [3.63, 3.8) is 0 Å². The monoisotopic (exact) mass is 241 g/mol. The summed E-state index contributed by atoms with van der Waals surface area (Å²) >= 11 is 0. The van der Waals surface area contributed by atoms with E-state index in [4.69, 9.17) is 0 Å². The second kappa shape index (κ2) is 6.87. The van der Waals surface area contributed by atoms with Gasteiger partial charge in [-0.2, -0.15) is 0 Å². The maximum atomic E-state index is 4.35. The molecule has 3 nitrogen and oxygen atoms in total. The first-order valence-corrected chi connectivity index (χ1v) is 6.37. The number of hydrogen-bond donors (Lipinski definition) is 1. The number of nitrogens with zero attached hydrogens (tertiary/aromatic N) is 2. The van der Waals surface area contributed by atoms with Gasteiger partial charge in [-0.05, 0) is 31.9 Å². The van der Waals surface area contributed by atoms with E-state index in [0.29, 0.717) is 6.04 Å². The molecule has 1 unspecified atom stereocenters. The van der Waals surface area contributed by atoms with Gasteiger partial charge in [-0.15, -0.1) is 0 Å². The summed E-state index contributed by atoms with van der Waals surface area (Å²) in [5.41, 5.74) is 2.42. The smallest absolute Gasteiger partial charge is 0.0755 e. The van der Waals surface area contributed by atoms with Crippen LogP contribution in [0.1, 0.15) is 30.1 Å². The van der Waals surface area contributed by atoms with Gasteiger partial charge in [0.05, 0.1) is 11.7 Å². The van der Waals surface area contributed by atoms with Crippen LogP contribution in [0.3, 0.4) is 0 Å². The Kier molecular flexibility index (Phi) is 4.85. The van der Waals surface area contributed by atoms with Crippen molar-refractivity contribution in [1.82, 2.24) is 15.3 Å². The van der Waals surface area contributed by atoms with Gasteiger partial charge >= 0.3 is 0 Å². The van der Waals surface area contributed by atoms with Gasteiger partial charge in [-0.3, -0.25) is 9.97 Å². The van der Waals surface area contributed by atoms with Gasteiger partial charge in [-0.25, -0.2) is 0 Å². The molecule has 94 valence electrons. The quantitative estimate of drug-likeness (QED) is 0.845. The molecule has 0 bridgehead atoms. The molecule has 1 N–H and O–H groups in total. The minimum absolute atomic E-state index is 0.294. The van der Waals surface area contributed by atoms with Gasteiger partial charge in [0.2, 0.25) is 0 Å². The lowest BCUT2D eigenvalue weighted by atomic mass is 10.0. The molecule has 2 rings (SSSR count). The molecular formula is C15H19N3. The topological polar surface area (TPSA) is 37.8 Å². The predicted octanol–water partition coefficient (Wildman–Crippen LogP) is 2.76. The van der Waals surface area contributed by atoms with Gasteiger partial charge in [0.1, 0.15) is 0 Å². The third-order valence-corrected chi connectivity index (χ3v) is 3.09. The second-order valence-electron chi connectivity index (χ2n) is 4.35. The summed E-state index contributed by atoms with van der Waals surface area (Å²) in [4.78, 5) is 8.47. The number of hydrogen-bond acceptors (Lipinski definition) is 3. The molecule has 0 saturated carbocycles. The molecule has 2 aromatic rings. The first-order valence-electron chi connectivity index (χ1n) is 6.37. The van der Waals surface area contributed by atoms with Crippen molar-refractivity contribution in [3.8, 4) is 0 Å². The van der Waals surface area contributed by atoms with Crippen molar-refractivity contribution < 1.29 is 0 Å². The highest BCUT2D eigenvalue weighted by Crippen LogP contribution is 2.16. The first kappa shape index (κ1) is 12.7. The van der Waals surface area contributed by atoms with Crippen LogP contribution < -0.4 is 5.32 Å². The molecule has 1 aromatic carbocycles. The summed E-state index contributed by atoms with van der Waals surface area (Å²) in [6.07, 6.45) is 8.62. The summed E-state index contributed by atoms with van der Waals surface area (Å²) < 4.78 is 0. The molecule has 18 heavy (non-hydrogen) atoms. The third-order valence-electron chi connectivity index (χ3n) is 3.09. The van der Waals surface area contributed by atoms with Crippen molar-refractivity contribution >= 4 is 0 Å². The zero-order valence-corrected chi connectivity index (χ0v) is 10.7. The molecule has 0 spiro atoms. The fraction of sp³-hybridized carbons (Fsp3) is 0.333. The van der Waals surface area contributed by atoms with Crippen molar-refractivity contribution in [3.05, 3.63) is 60.2 Å². The zero-order chi connectivity index (χ0) is 12.6. The van der Waals surface area contributed by atoms with Crippen molar-refractivity contribution in [2.24, 2.45) is 0 Å². The highest BCUT2D eigenvalue weighted by atomic mass is 14.9. The molecule has 3 heteroatoms. The summed E-state index contributed by atoms with van der Waals surface area (Å²) in [6.45, 7) is 0. The summed E-state index contributed by atoms with van der Waals surface area (Å²) in [5, 5.41) is 3.30. The number of aryl methyl sites for hydroxylation is 1. The molecular weight excluding hydrogens is 222 g/mol. The Morgan fingerprint density at radius 1 is 1.17 bits per heavy atom. The third kappa shape index (κ3) is 3.64. The van der Waals surface area contributed by atoms with Gasteiger partial charge in [-0.1, -0.05) is 30.3 Å². The van der Waals surface area contributed by atoms with Crippen LogP contribution in [0.2, 0.25) is 0 Å². The predicted molar refractivity (Wildman–Crippen MR) is 73.2 cm³/mol. The fourth-order valence-corrected chi connectivity index (χ4v) is 2.09. The maximum Gasteiger partial charge on any atom is 0.0755 e. The van der Waals surface area contributed by atoms with Gasteiger partial charge in [0.25, 0.3) is 0 Å². The van der Waals surface area contributed by atoms with Gasteiger partial charge in [0, 0.05) is 18.6 Å². The molecule has 0 radical (unpaired) electrons. The fourth-order valence-electron chi connectivity index (χ4n) is 2.09. The van der Waals surface area contributed by atoms with Crippen LogP contribution in [0, 0.1) is 0 Å². The Hall–Kier alpha value is -1.74. The Morgan fingerprint density at radius 2 is 2.00 bits per heavy atom. The molecule has 1 heterocycles. The van der Waals surface area contributed by atoms with Crippen LogP contribution >= 0.6 is 0 Å². The second-order valence-corrected chi connectivity index (χ2v) is 4.35. The molecule has 1 aromatic heterocycles. The van der Waals surface area contributed by atoms with E-state index in [-0.39, 0.29) is 0 Å². The van der Waals surface area contributed by atoms with E-state index in [9.17, 15) is 0 Å². The lowest BCUT2D eigenvalue weighted by molar-refractivity contribution is 0.513. The Balaban J connectivity index is 1.85. The van der Waals surface area contributed by atoms with Crippen molar-refractivity contribution in [1.29, 1.82) is 0 Å². The molecule has 0 saturated heterocycles. The summed E-state index contributed by atoms with van der Waals surface area (Å²) in [6, 6.07) is 10.9. The van der Waals surface area contributed by atoms with Crippen LogP contribution in [0.4, 0.5) is 0 Å². The first-order chi connectivity index (χ1) is 8.90. The molecule has 0 aliphatic rings. The normalized spacial score (nSPS) is 12.3. The Labute approximate surface area is 108 Å². The number of nitrogens with one attached hydrogen (secondary N) is 1. The van der Waals surface area contributed by atoms with E-state index in [1.807, 2.05) is 13.2 Å². The largest absolute Gasteiger partial charge is 0.312 e. The van der Waals surface area contributed by atoms with Crippen molar-refractivity contribution in [2.75, 3.05) is 7.05 Å². The minimum atomic E-state index is 0.294. The lowest BCUT2D eigenvalue weighted by Crippen LogP contribution is -2.17. The summed E-state index contributed by atoms with van der Waals surface area (Å²) in [5.74, 6) is 0. The molecule has 0 fully saturated rings. The Bertz CT molecular complexity index is 442. The van der Waals surface area contributed by atoms with Crippen LogP contribution in [0.25, 0.3) is 0 Å². The number of benzene rings is 1. The highest BCUT2D eigenvalue weighted by Gasteiger charge is 2.09. The van der Waals surface area contributed by atoms with Crippen LogP contribution in [-0.4, -0.2) is 17.0 Å². The van der Waals surface area contributed by atoms with E-state index in [0.717, 1.165) is 25.0 Å². The van der Waals surface area contributed by atoms with Gasteiger partial charge < -0.3 is 5.32 Å². The molecule has 0 amide bonds. The van der Waals surface area contributed by atoms with Crippen LogP contribution in [0.5, 0.6) is 0 Å². The van der Waals surface area contributed by atoms with Crippen molar-refractivity contribution in [2.45, 2.75) is 25.3 Å². The van der Waals surface area contributed by atoms with Crippen LogP contribution in [-0.2, 0) is 6.42 Å². The maximum absolute atomic E-state index is 4.35. The zero-order valence-electron chi connectivity index (χ0n) is 10.7. The Morgan fingerprint density at radius 3 is 2.67 bits per heavy atom. The van der Waals surface area contributed by atoms with E-state index >= 15 is 0 Å². The standard InChI is InChI=1S/C15H19N3/c1-16-14(15-12-17-10-11-18-15)9-5-8-13-6-3-2-4-7-13/h2-4,6-7,10-12,14,16H,5,8-9H2,1H3. The average Bonchev–Trinajstić information content (AvgIpc) is 2.46. The average molecular weight is 241 g/mol. The molecule has 1 atom stereocenters. The van der Waals surface area contributed by atoms with E-state index in [1.165, 1.54) is 5.56 Å². The molecule has 0 aliphatic heterocycles.